The minimum absolute atomic E-state index is 0.0187. The van der Waals surface area contributed by atoms with Crippen molar-refractivity contribution in [1.29, 1.82) is 0 Å². The van der Waals surface area contributed by atoms with Crippen molar-refractivity contribution in [2.45, 2.75) is 26.2 Å². The third-order valence-corrected chi connectivity index (χ3v) is 3.84. The van der Waals surface area contributed by atoms with Gasteiger partial charge in [-0.2, -0.15) is 0 Å². The van der Waals surface area contributed by atoms with E-state index in [-0.39, 0.29) is 23.5 Å². The SMILES string of the molecule is CN1CCC(C)(CN2CC(=O)CC2=O)CC1. The van der Waals surface area contributed by atoms with Crippen molar-refractivity contribution >= 4 is 11.7 Å². The van der Waals surface area contributed by atoms with Crippen LogP contribution in [-0.4, -0.2) is 54.7 Å². The molecule has 4 nitrogen and oxygen atoms in total. The third kappa shape index (κ3) is 2.43. The topological polar surface area (TPSA) is 40.6 Å². The number of piperidine rings is 1. The van der Waals surface area contributed by atoms with Gasteiger partial charge in [-0.05, 0) is 38.4 Å². The summed E-state index contributed by atoms with van der Waals surface area (Å²) in [5.41, 5.74) is 0.201. The van der Waals surface area contributed by atoms with Gasteiger partial charge in [-0.15, -0.1) is 0 Å². The Bertz CT molecular complexity index is 306. The Morgan fingerprint density at radius 3 is 2.38 bits per heavy atom. The number of hydrogen-bond acceptors (Lipinski definition) is 3. The van der Waals surface area contributed by atoms with Crippen LogP contribution in [0.4, 0.5) is 0 Å². The van der Waals surface area contributed by atoms with E-state index in [1.54, 1.807) is 4.90 Å². The van der Waals surface area contributed by atoms with E-state index in [4.69, 9.17) is 0 Å². The highest BCUT2D eigenvalue weighted by molar-refractivity contribution is 6.05. The molecular weight excluding hydrogens is 204 g/mol. The van der Waals surface area contributed by atoms with Gasteiger partial charge in [0.15, 0.2) is 5.78 Å². The molecule has 0 unspecified atom stereocenters. The number of likely N-dealkylation sites (tertiary alicyclic amines) is 2. The number of carbonyl (C=O) groups is 2. The van der Waals surface area contributed by atoms with Crippen LogP contribution in [0.15, 0.2) is 0 Å². The van der Waals surface area contributed by atoms with Crippen molar-refractivity contribution in [3.63, 3.8) is 0 Å². The van der Waals surface area contributed by atoms with Gasteiger partial charge >= 0.3 is 0 Å². The molecule has 0 aromatic rings. The van der Waals surface area contributed by atoms with Crippen LogP contribution in [0.5, 0.6) is 0 Å². The molecule has 2 saturated heterocycles. The first-order chi connectivity index (χ1) is 7.48. The number of nitrogens with zero attached hydrogens (tertiary/aromatic N) is 2. The maximum absolute atomic E-state index is 11.6. The lowest BCUT2D eigenvalue weighted by atomic mass is 9.80. The van der Waals surface area contributed by atoms with E-state index >= 15 is 0 Å². The second-order valence-corrected chi connectivity index (χ2v) is 5.58. The Labute approximate surface area is 96.6 Å². The van der Waals surface area contributed by atoms with Crippen LogP contribution in [0, 0.1) is 5.41 Å². The smallest absolute Gasteiger partial charge is 0.230 e. The van der Waals surface area contributed by atoms with Gasteiger partial charge in [0, 0.05) is 6.54 Å². The van der Waals surface area contributed by atoms with Gasteiger partial charge < -0.3 is 9.80 Å². The van der Waals surface area contributed by atoms with Gasteiger partial charge in [0.05, 0.1) is 13.0 Å². The van der Waals surface area contributed by atoms with E-state index in [9.17, 15) is 9.59 Å². The molecule has 2 aliphatic rings. The normalized spacial score (nSPS) is 26.5. The summed E-state index contributed by atoms with van der Waals surface area (Å²) in [7, 11) is 2.13. The molecule has 16 heavy (non-hydrogen) atoms. The van der Waals surface area contributed by atoms with E-state index < -0.39 is 0 Å². The standard InChI is InChI=1S/C12H20N2O2/c1-12(3-5-13(2)6-4-12)9-14-8-10(15)7-11(14)16/h3-9H2,1-2H3. The maximum Gasteiger partial charge on any atom is 0.230 e. The lowest BCUT2D eigenvalue weighted by molar-refractivity contribution is -0.129. The highest BCUT2D eigenvalue weighted by Gasteiger charge is 2.36. The van der Waals surface area contributed by atoms with Crippen molar-refractivity contribution in [2.24, 2.45) is 5.41 Å². The first kappa shape index (κ1) is 11.6. The third-order valence-electron chi connectivity index (χ3n) is 3.84. The minimum Gasteiger partial charge on any atom is -0.334 e. The molecule has 2 heterocycles. The molecule has 2 aliphatic heterocycles. The van der Waals surface area contributed by atoms with Crippen LogP contribution in [0.3, 0.4) is 0 Å². The van der Waals surface area contributed by atoms with Gasteiger partial charge in [0.1, 0.15) is 0 Å². The number of carbonyl (C=O) groups excluding carboxylic acids is 2. The van der Waals surface area contributed by atoms with Crippen molar-refractivity contribution in [2.75, 3.05) is 33.2 Å². The van der Waals surface area contributed by atoms with Crippen molar-refractivity contribution < 1.29 is 9.59 Å². The van der Waals surface area contributed by atoms with Gasteiger partial charge in [-0.3, -0.25) is 9.59 Å². The zero-order valence-electron chi connectivity index (χ0n) is 10.2. The molecule has 0 aliphatic carbocycles. The fourth-order valence-corrected chi connectivity index (χ4v) is 2.56. The van der Waals surface area contributed by atoms with Crippen LogP contribution >= 0.6 is 0 Å². The second-order valence-electron chi connectivity index (χ2n) is 5.58. The molecule has 0 aromatic carbocycles. The molecule has 1 amide bonds. The molecule has 0 bridgehead atoms. The first-order valence-electron chi connectivity index (χ1n) is 5.97. The number of Topliss-reactive ketones (excluding diaryl/α,β-unsaturated/α-hetero) is 1. The Morgan fingerprint density at radius 2 is 1.88 bits per heavy atom. The van der Waals surface area contributed by atoms with E-state index in [0.29, 0.717) is 6.54 Å². The zero-order chi connectivity index (χ0) is 11.8. The summed E-state index contributed by atoms with van der Waals surface area (Å²) in [6.45, 7) is 5.50. The molecule has 0 spiro atoms. The molecule has 2 rings (SSSR count). The molecule has 0 radical (unpaired) electrons. The van der Waals surface area contributed by atoms with Crippen molar-refractivity contribution in [1.82, 2.24) is 9.80 Å². The average molecular weight is 224 g/mol. The summed E-state index contributed by atoms with van der Waals surface area (Å²) in [6, 6.07) is 0. The Hall–Kier alpha value is -0.900. The largest absolute Gasteiger partial charge is 0.334 e. The van der Waals surface area contributed by atoms with E-state index in [1.165, 1.54) is 0 Å². The van der Waals surface area contributed by atoms with Crippen LogP contribution in [0.25, 0.3) is 0 Å². The average Bonchev–Trinajstić information content (AvgIpc) is 2.51. The fourth-order valence-electron chi connectivity index (χ4n) is 2.56. The fraction of sp³-hybridized carbons (Fsp3) is 0.833. The van der Waals surface area contributed by atoms with E-state index in [1.807, 2.05) is 0 Å². The highest BCUT2D eigenvalue weighted by Crippen LogP contribution is 2.32. The molecule has 0 aromatic heterocycles. The molecule has 2 fully saturated rings. The Morgan fingerprint density at radius 1 is 1.25 bits per heavy atom. The van der Waals surface area contributed by atoms with Crippen LogP contribution < -0.4 is 0 Å². The highest BCUT2D eigenvalue weighted by atomic mass is 16.2. The van der Waals surface area contributed by atoms with Gasteiger partial charge in [0.25, 0.3) is 0 Å². The summed E-state index contributed by atoms with van der Waals surface area (Å²) in [4.78, 5) is 26.8. The number of hydrogen-bond donors (Lipinski definition) is 0. The molecule has 90 valence electrons. The van der Waals surface area contributed by atoms with Crippen LogP contribution in [0.1, 0.15) is 26.2 Å². The van der Waals surface area contributed by atoms with E-state index in [0.717, 1.165) is 32.5 Å². The summed E-state index contributed by atoms with van der Waals surface area (Å²) < 4.78 is 0. The summed E-state index contributed by atoms with van der Waals surface area (Å²) in [5, 5.41) is 0. The van der Waals surface area contributed by atoms with Gasteiger partial charge in [-0.25, -0.2) is 0 Å². The molecule has 4 heteroatoms. The van der Waals surface area contributed by atoms with Crippen LogP contribution in [-0.2, 0) is 9.59 Å². The zero-order valence-corrected chi connectivity index (χ0v) is 10.2. The van der Waals surface area contributed by atoms with Gasteiger partial charge in [-0.1, -0.05) is 6.92 Å². The first-order valence-corrected chi connectivity index (χ1v) is 5.97. The lowest BCUT2D eigenvalue weighted by Gasteiger charge is -2.40. The molecular formula is C12H20N2O2. The summed E-state index contributed by atoms with van der Waals surface area (Å²) in [6.07, 6.45) is 2.35. The second kappa shape index (κ2) is 4.17. The predicted molar refractivity (Wildman–Crippen MR) is 61.0 cm³/mol. The van der Waals surface area contributed by atoms with Crippen molar-refractivity contribution in [3.05, 3.63) is 0 Å². The van der Waals surface area contributed by atoms with Crippen LogP contribution in [0.2, 0.25) is 0 Å². The summed E-state index contributed by atoms with van der Waals surface area (Å²) >= 11 is 0. The maximum atomic E-state index is 11.6. The molecule has 0 atom stereocenters. The predicted octanol–water partition coefficient (Wildman–Crippen LogP) is 0.520. The Balaban J connectivity index is 1.93. The number of rotatable bonds is 2. The lowest BCUT2D eigenvalue weighted by Crippen LogP contribution is -2.44. The Kier molecular flexibility index (Phi) is 3.02. The monoisotopic (exact) mass is 224 g/mol. The van der Waals surface area contributed by atoms with Crippen molar-refractivity contribution in [3.8, 4) is 0 Å². The minimum atomic E-state index is 0.0187. The van der Waals surface area contributed by atoms with Gasteiger partial charge in [0.2, 0.25) is 5.91 Å². The van der Waals surface area contributed by atoms with E-state index in [2.05, 4.69) is 18.9 Å². The number of ketones is 1. The molecule has 0 N–H and O–H groups in total. The number of amides is 1. The molecule has 0 saturated carbocycles. The summed E-state index contributed by atoms with van der Waals surface area (Å²) in [5.74, 6) is 0.0895. The quantitative estimate of drug-likeness (QED) is 0.642.